The zero-order valence-electron chi connectivity index (χ0n) is 17.3. The van der Waals surface area contributed by atoms with Crippen molar-refractivity contribution >= 4 is 28.8 Å². The number of benzene rings is 2. The molecule has 0 saturated carbocycles. The Kier molecular flexibility index (Phi) is 9.09. The van der Waals surface area contributed by atoms with Gasteiger partial charge in [0.1, 0.15) is 0 Å². The quantitative estimate of drug-likeness (QED) is 0.676. The topological polar surface area (TPSA) is 61.8 Å². The highest BCUT2D eigenvalue weighted by atomic mass is 32.2. The first-order valence-electron chi connectivity index (χ1n) is 10.1. The number of nitrogens with one attached hydrogen (secondary N) is 1. The molecule has 2 N–H and O–H groups in total. The molecule has 0 aliphatic carbocycles. The van der Waals surface area contributed by atoms with Crippen molar-refractivity contribution in [1.82, 2.24) is 9.62 Å². The molecular formula is C22H32N2O3S. The normalized spacial score (nSPS) is 15.7. The molecule has 5 nitrogen and oxygen atoms in total. The zero-order chi connectivity index (χ0) is 20.5. The smallest absolute Gasteiger partial charge is 0.409 e. The number of likely N-dealkylation sites (tertiary alicyclic amines) is 1. The number of ether oxygens (including phenoxy) is 1. The van der Waals surface area contributed by atoms with Gasteiger partial charge in [-0.15, -0.1) is 0 Å². The third-order valence-electron chi connectivity index (χ3n) is 4.72. The first kappa shape index (κ1) is 22.5. The summed E-state index contributed by atoms with van der Waals surface area (Å²) in [7, 11) is 0. The average Bonchev–Trinajstić information content (AvgIpc) is 2.73. The van der Waals surface area contributed by atoms with Gasteiger partial charge in [-0.2, -0.15) is 0 Å². The van der Waals surface area contributed by atoms with Crippen molar-refractivity contribution < 1.29 is 14.6 Å². The third-order valence-corrected chi connectivity index (χ3v) is 5.75. The van der Waals surface area contributed by atoms with Crippen molar-refractivity contribution in [3.63, 3.8) is 0 Å². The summed E-state index contributed by atoms with van der Waals surface area (Å²) in [5.41, 5.74) is 0.952. The Labute approximate surface area is 172 Å². The van der Waals surface area contributed by atoms with Crippen LogP contribution < -0.4 is 4.72 Å². The Bertz CT molecular complexity index is 759. The van der Waals surface area contributed by atoms with E-state index in [1.54, 1.807) is 23.8 Å². The van der Waals surface area contributed by atoms with E-state index in [4.69, 9.17) is 4.74 Å². The Morgan fingerprint density at radius 1 is 1.21 bits per heavy atom. The van der Waals surface area contributed by atoms with E-state index in [1.165, 1.54) is 0 Å². The van der Waals surface area contributed by atoms with Crippen molar-refractivity contribution in [2.45, 2.75) is 57.6 Å². The van der Waals surface area contributed by atoms with E-state index >= 15 is 0 Å². The molecule has 0 bridgehead atoms. The third kappa shape index (κ3) is 5.63. The summed E-state index contributed by atoms with van der Waals surface area (Å²) in [6, 6.07) is 12.6. The predicted molar refractivity (Wildman–Crippen MR) is 117 cm³/mol. The number of nitrogens with zero attached hydrogens (tertiary/aromatic N) is 1. The predicted octanol–water partition coefficient (Wildman–Crippen LogP) is 5.14. The summed E-state index contributed by atoms with van der Waals surface area (Å²) in [5, 5.41) is 12.2. The van der Waals surface area contributed by atoms with Gasteiger partial charge in [0.25, 0.3) is 0 Å². The molecule has 1 unspecified atom stereocenters. The van der Waals surface area contributed by atoms with Crippen molar-refractivity contribution in [3.8, 4) is 0 Å². The number of fused-ring (bicyclic) bond motifs is 1. The number of carbonyl (C=O) groups is 1. The van der Waals surface area contributed by atoms with E-state index < -0.39 is 6.10 Å². The zero-order valence-corrected chi connectivity index (χ0v) is 18.1. The lowest BCUT2D eigenvalue weighted by Gasteiger charge is -2.31. The van der Waals surface area contributed by atoms with E-state index in [9.17, 15) is 9.90 Å². The van der Waals surface area contributed by atoms with Crippen LogP contribution in [-0.2, 0) is 4.74 Å². The van der Waals surface area contributed by atoms with Gasteiger partial charge < -0.3 is 14.7 Å². The minimum Gasteiger partial charge on any atom is -0.450 e. The molecule has 3 rings (SSSR count). The second-order valence-electron chi connectivity index (χ2n) is 6.55. The molecule has 1 aliphatic heterocycles. The molecule has 2 aromatic carbocycles. The average molecular weight is 405 g/mol. The van der Waals surface area contributed by atoms with E-state index in [1.807, 2.05) is 39.0 Å². The maximum atomic E-state index is 11.8. The van der Waals surface area contributed by atoms with Gasteiger partial charge in [-0.05, 0) is 61.0 Å². The Balaban J connectivity index is 0.00000136. The number of hydrogen-bond acceptors (Lipinski definition) is 5. The first-order chi connectivity index (χ1) is 13.6. The van der Waals surface area contributed by atoms with Crippen molar-refractivity contribution in [3.05, 3.63) is 42.0 Å². The van der Waals surface area contributed by atoms with E-state index in [0.29, 0.717) is 12.6 Å². The van der Waals surface area contributed by atoms with Gasteiger partial charge in [0, 0.05) is 24.0 Å². The number of rotatable bonds is 5. The van der Waals surface area contributed by atoms with E-state index in [-0.39, 0.29) is 6.09 Å². The second-order valence-corrected chi connectivity index (χ2v) is 7.43. The van der Waals surface area contributed by atoms with Crippen molar-refractivity contribution in [2.24, 2.45) is 0 Å². The monoisotopic (exact) mass is 404 g/mol. The molecule has 2 aromatic rings. The van der Waals surface area contributed by atoms with Crippen LogP contribution in [0.5, 0.6) is 0 Å². The van der Waals surface area contributed by atoms with Gasteiger partial charge in [0.2, 0.25) is 0 Å². The van der Waals surface area contributed by atoms with Crippen LogP contribution in [0.4, 0.5) is 4.79 Å². The largest absolute Gasteiger partial charge is 0.450 e. The van der Waals surface area contributed by atoms with Crippen LogP contribution in [0.3, 0.4) is 0 Å². The summed E-state index contributed by atoms with van der Waals surface area (Å²) < 4.78 is 8.61. The van der Waals surface area contributed by atoms with Crippen molar-refractivity contribution in [2.75, 3.05) is 19.7 Å². The van der Waals surface area contributed by atoms with Crippen molar-refractivity contribution in [1.29, 1.82) is 0 Å². The second kappa shape index (κ2) is 11.3. The van der Waals surface area contributed by atoms with E-state index in [0.717, 1.165) is 47.2 Å². The molecule has 154 valence electrons. The number of piperidine rings is 1. The molecule has 0 spiro atoms. The highest BCUT2D eigenvalue weighted by Crippen LogP contribution is 2.32. The van der Waals surface area contributed by atoms with Gasteiger partial charge >= 0.3 is 6.09 Å². The standard InChI is InChI=1S/C20H26N2O3S.C2H6/c1-3-25-20(24)22-12-10-15(11-13-22)21-26-19-9-8-16(14(2)23)17-6-4-5-7-18(17)19;1-2/h4-9,14-15,21,23H,3,10-13H2,1-2H3;1-2H3. The minimum atomic E-state index is -0.487. The van der Waals surface area contributed by atoms with Gasteiger partial charge in [-0.25, -0.2) is 4.79 Å². The minimum absolute atomic E-state index is 0.210. The molecule has 0 aromatic heterocycles. The summed E-state index contributed by atoms with van der Waals surface area (Å²) in [6.07, 6.45) is 1.13. The molecule has 1 heterocycles. The van der Waals surface area contributed by atoms with Crippen LogP contribution >= 0.6 is 11.9 Å². The number of aliphatic hydroxyl groups is 1. The van der Waals surface area contributed by atoms with Crippen LogP contribution in [0.15, 0.2) is 41.3 Å². The molecule has 6 heteroatoms. The molecular weight excluding hydrogens is 372 g/mol. The van der Waals surface area contributed by atoms with Crippen LogP contribution in [0.25, 0.3) is 10.8 Å². The molecule has 1 fully saturated rings. The molecule has 0 radical (unpaired) electrons. The molecule has 1 aliphatic rings. The lowest BCUT2D eigenvalue weighted by molar-refractivity contribution is 0.0967. The van der Waals surface area contributed by atoms with Gasteiger partial charge in [0.05, 0.1) is 12.7 Å². The number of amides is 1. The fraction of sp³-hybridized carbons (Fsp3) is 0.500. The van der Waals surface area contributed by atoms with Crippen LogP contribution in [0.2, 0.25) is 0 Å². The van der Waals surface area contributed by atoms with Crippen LogP contribution in [-0.4, -0.2) is 41.8 Å². The Morgan fingerprint density at radius 2 is 1.86 bits per heavy atom. The summed E-state index contributed by atoms with van der Waals surface area (Å²) in [5.74, 6) is 0. The molecule has 1 atom stereocenters. The highest BCUT2D eigenvalue weighted by Gasteiger charge is 2.23. The molecule has 28 heavy (non-hydrogen) atoms. The van der Waals surface area contributed by atoms with Crippen LogP contribution in [0.1, 0.15) is 52.2 Å². The summed E-state index contributed by atoms with van der Waals surface area (Å²) >= 11 is 1.63. The summed E-state index contributed by atoms with van der Waals surface area (Å²) in [4.78, 5) is 14.7. The lowest BCUT2D eigenvalue weighted by atomic mass is 10.0. The Hall–Kier alpha value is -1.76. The number of carbonyl (C=O) groups excluding carboxylic acids is 1. The fourth-order valence-electron chi connectivity index (χ4n) is 3.29. The molecule has 1 saturated heterocycles. The number of hydrogen-bond donors (Lipinski definition) is 2. The summed E-state index contributed by atoms with van der Waals surface area (Å²) in [6.45, 7) is 9.49. The first-order valence-corrected chi connectivity index (χ1v) is 11.0. The maximum Gasteiger partial charge on any atom is 0.409 e. The van der Waals surface area contributed by atoms with E-state index in [2.05, 4.69) is 22.9 Å². The van der Waals surface area contributed by atoms with Crippen LogP contribution in [0, 0.1) is 0 Å². The SMILES string of the molecule is CC.CCOC(=O)N1CCC(NSc2ccc(C(C)O)c3ccccc23)CC1. The van der Waals surface area contributed by atoms with Gasteiger partial charge in [-0.1, -0.05) is 44.2 Å². The highest BCUT2D eigenvalue weighted by molar-refractivity contribution is 7.97. The number of aliphatic hydroxyl groups excluding tert-OH is 1. The fourth-order valence-corrected chi connectivity index (χ4v) is 4.24. The van der Waals surface area contributed by atoms with Gasteiger partial charge in [0.15, 0.2) is 0 Å². The lowest BCUT2D eigenvalue weighted by Crippen LogP contribution is -2.43. The Morgan fingerprint density at radius 3 is 2.46 bits per heavy atom. The maximum absolute atomic E-state index is 11.8. The molecule has 1 amide bonds. The van der Waals surface area contributed by atoms with Gasteiger partial charge in [-0.3, -0.25) is 4.72 Å².